The molecule has 3 aliphatic carbocycles. The second-order valence-electron chi connectivity index (χ2n) is 15.8. The Morgan fingerprint density at radius 3 is 2.19 bits per heavy atom. The van der Waals surface area contributed by atoms with E-state index < -0.39 is 89.0 Å². The van der Waals surface area contributed by atoms with E-state index in [1.54, 1.807) is 58.0 Å². The molecular weight excluding hydrogens is 653 g/mol. The van der Waals surface area contributed by atoms with E-state index in [-0.39, 0.29) is 41.9 Å². The van der Waals surface area contributed by atoms with Gasteiger partial charge in [-0.05, 0) is 48.2 Å². The summed E-state index contributed by atoms with van der Waals surface area (Å²) in [6, 6.07) is 8.41. The van der Waals surface area contributed by atoms with Gasteiger partial charge >= 0.3 is 30.5 Å². The number of hydrogen-bond acceptors (Lipinski definition) is 11. The Bertz CT molecular complexity index is 1500. The molecular formula is C35H50O11Si2. The van der Waals surface area contributed by atoms with Gasteiger partial charge in [-0.3, -0.25) is 9.59 Å². The highest BCUT2D eigenvalue weighted by Crippen LogP contribution is 2.65. The standard InChI is InChI=1S/C35H50O11Si2/c1-18(2)47-44-24-15-25-34(17-41-25,43-21(6)36)28-30(42-31(39)22-13-11-10-12-14-22)35(40)16-23(37)20(5)26(32(35,7)8)27(29(38)33(24,28)9)45-48(46-47)19(3)4/h10-14,18-19,23-25,27-28,30,37,40,47-48H,15-17H2,1-9H3/t23?,24-,25+,27?,28-,30-,33+,34-,35+,47?,48?/m0/s1. The maximum Gasteiger partial charge on any atom is 0.338 e. The van der Waals surface area contributed by atoms with Gasteiger partial charge in [0.05, 0.1) is 35.7 Å². The number of aliphatic hydroxyl groups excluding tert-OH is 1. The molecule has 5 aliphatic rings. The topological polar surface area (TPSA) is 147 Å². The fourth-order valence-corrected chi connectivity index (χ4v) is 15.0. The van der Waals surface area contributed by atoms with Gasteiger partial charge in [0.1, 0.15) is 23.9 Å². The van der Waals surface area contributed by atoms with E-state index in [0.717, 1.165) is 0 Å². The molecule has 2 N–H and O–H groups in total. The summed E-state index contributed by atoms with van der Waals surface area (Å²) in [4.78, 5) is 42.7. The van der Waals surface area contributed by atoms with Gasteiger partial charge in [-0.15, -0.1) is 0 Å². The van der Waals surface area contributed by atoms with E-state index >= 15 is 4.79 Å². The maximum absolute atomic E-state index is 15.7. The third-order valence-corrected chi connectivity index (χ3v) is 17.3. The lowest BCUT2D eigenvalue weighted by molar-refractivity contribution is -0.344. The van der Waals surface area contributed by atoms with E-state index in [4.69, 9.17) is 27.2 Å². The molecule has 2 heterocycles. The zero-order chi connectivity index (χ0) is 35.1. The van der Waals surface area contributed by atoms with Crippen molar-refractivity contribution >= 4 is 36.3 Å². The summed E-state index contributed by atoms with van der Waals surface area (Å²) in [6.07, 6.45) is -5.34. The minimum Gasteiger partial charge on any atom is -0.455 e. The molecule has 264 valence electrons. The van der Waals surface area contributed by atoms with Crippen LogP contribution in [0.3, 0.4) is 0 Å². The minimum absolute atomic E-state index is 0.0126. The van der Waals surface area contributed by atoms with Gasteiger partial charge < -0.3 is 37.4 Å². The van der Waals surface area contributed by atoms with Crippen molar-refractivity contribution in [2.75, 3.05) is 6.61 Å². The number of fused-ring (bicyclic) bond motifs is 6. The summed E-state index contributed by atoms with van der Waals surface area (Å²) < 4.78 is 39.5. The van der Waals surface area contributed by atoms with Gasteiger partial charge in [-0.2, -0.15) is 0 Å². The first kappa shape index (κ1) is 35.6. The van der Waals surface area contributed by atoms with Crippen LogP contribution in [-0.2, 0) is 36.8 Å². The molecule has 6 rings (SSSR count). The van der Waals surface area contributed by atoms with Gasteiger partial charge in [0.25, 0.3) is 0 Å². The Hall–Kier alpha value is -2.24. The first-order valence-corrected chi connectivity index (χ1v) is 20.3. The Morgan fingerprint density at radius 1 is 1.00 bits per heavy atom. The SMILES string of the molecule is CC(=O)O[C@@]12CO[C@@H]1C[C@@H]1O[SiH](C(C)C)O[SiH](C(C)C)OC3C(=O)[C@@]1(C)[C@@H]2[C@H](OC(=O)c1ccccc1)[C@]1(O)CC(O)C(C)=C3C1(C)C. The first-order chi connectivity index (χ1) is 22.4. The average Bonchev–Trinajstić information content (AvgIpc) is 3.04. The number of esters is 2. The number of Topliss-reactive ketones (excluding diaryl/α,β-unsaturated/α-hetero) is 1. The van der Waals surface area contributed by atoms with Crippen LogP contribution in [0, 0.1) is 16.7 Å². The molecule has 11 nitrogen and oxygen atoms in total. The molecule has 2 aliphatic heterocycles. The van der Waals surface area contributed by atoms with Crippen LogP contribution in [0.25, 0.3) is 0 Å². The second kappa shape index (κ2) is 12.2. The number of carbonyl (C=O) groups is 3. The van der Waals surface area contributed by atoms with Crippen molar-refractivity contribution in [3.05, 3.63) is 47.0 Å². The number of benzene rings is 1. The summed E-state index contributed by atoms with van der Waals surface area (Å²) in [6.45, 7) is 16.4. The highest BCUT2D eigenvalue weighted by atomic mass is 28.4. The Morgan fingerprint density at radius 2 is 1.62 bits per heavy atom. The first-order valence-electron chi connectivity index (χ1n) is 17.1. The molecule has 0 spiro atoms. The molecule has 4 bridgehead atoms. The zero-order valence-electron chi connectivity index (χ0n) is 29.4. The molecule has 13 heteroatoms. The fraction of sp³-hybridized carbons (Fsp3) is 0.686. The van der Waals surface area contributed by atoms with E-state index in [1.807, 2.05) is 27.7 Å². The van der Waals surface area contributed by atoms with Crippen molar-refractivity contribution in [3.63, 3.8) is 0 Å². The van der Waals surface area contributed by atoms with Crippen molar-refractivity contribution in [2.45, 2.75) is 128 Å². The number of hydrogen-bond donors (Lipinski definition) is 2. The van der Waals surface area contributed by atoms with E-state index in [9.17, 15) is 19.8 Å². The summed E-state index contributed by atoms with van der Waals surface area (Å²) in [5.41, 5.74) is -5.01. The number of rotatable bonds is 5. The monoisotopic (exact) mass is 702 g/mol. The van der Waals surface area contributed by atoms with Gasteiger partial charge in [-0.1, -0.05) is 59.7 Å². The Labute approximate surface area is 285 Å². The van der Waals surface area contributed by atoms with Crippen LogP contribution in [0.2, 0.25) is 11.1 Å². The van der Waals surface area contributed by atoms with Gasteiger partial charge in [0.15, 0.2) is 11.4 Å². The number of carbonyl (C=O) groups excluding carboxylic acids is 3. The summed E-state index contributed by atoms with van der Waals surface area (Å²) in [5.74, 6) is -2.80. The lowest BCUT2D eigenvalue weighted by Gasteiger charge is -2.68. The fourth-order valence-electron chi connectivity index (χ4n) is 9.05. The molecule has 0 aromatic heterocycles. The van der Waals surface area contributed by atoms with Crippen LogP contribution in [0.1, 0.15) is 85.5 Å². The quantitative estimate of drug-likeness (QED) is 0.264. The normalized spacial score (nSPS) is 42.0. The molecule has 48 heavy (non-hydrogen) atoms. The summed E-state index contributed by atoms with van der Waals surface area (Å²) in [5, 5.41) is 25.0. The molecule has 0 radical (unpaired) electrons. The molecule has 2 saturated carbocycles. The number of aliphatic hydroxyl groups is 2. The molecule has 1 aromatic rings. The van der Waals surface area contributed by atoms with Crippen LogP contribution in [0.5, 0.6) is 0 Å². The molecule has 0 amide bonds. The summed E-state index contributed by atoms with van der Waals surface area (Å²) in [7, 11) is -5.16. The lowest BCUT2D eigenvalue weighted by Crippen LogP contribution is -2.82. The van der Waals surface area contributed by atoms with Crippen LogP contribution in [0.15, 0.2) is 41.5 Å². The van der Waals surface area contributed by atoms with Crippen LogP contribution >= 0.6 is 0 Å². The number of ether oxygens (including phenoxy) is 3. The van der Waals surface area contributed by atoms with Crippen LogP contribution in [-0.4, -0.2) is 94.8 Å². The zero-order valence-corrected chi connectivity index (χ0v) is 31.7. The van der Waals surface area contributed by atoms with Gasteiger partial charge in [0, 0.05) is 25.2 Å². The Balaban J connectivity index is 1.69. The largest absolute Gasteiger partial charge is 0.455 e. The summed E-state index contributed by atoms with van der Waals surface area (Å²) >= 11 is 0. The van der Waals surface area contributed by atoms with Crippen molar-refractivity contribution in [1.82, 2.24) is 0 Å². The van der Waals surface area contributed by atoms with E-state index in [1.165, 1.54) is 6.92 Å². The van der Waals surface area contributed by atoms with Crippen molar-refractivity contribution in [3.8, 4) is 0 Å². The highest BCUT2D eigenvalue weighted by Gasteiger charge is 2.78. The highest BCUT2D eigenvalue weighted by molar-refractivity contribution is 6.61. The molecule has 1 aromatic carbocycles. The van der Waals surface area contributed by atoms with Gasteiger partial charge in [-0.25, -0.2) is 4.79 Å². The predicted molar refractivity (Wildman–Crippen MR) is 178 cm³/mol. The second-order valence-corrected chi connectivity index (χ2v) is 21.5. The average molecular weight is 703 g/mol. The maximum atomic E-state index is 15.7. The molecule has 4 fully saturated rings. The molecule has 4 unspecified atom stereocenters. The predicted octanol–water partition coefficient (Wildman–Crippen LogP) is 3.42. The van der Waals surface area contributed by atoms with E-state index in [0.29, 0.717) is 11.1 Å². The van der Waals surface area contributed by atoms with Crippen molar-refractivity contribution in [1.29, 1.82) is 0 Å². The smallest absolute Gasteiger partial charge is 0.338 e. The van der Waals surface area contributed by atoms with Crippen molar-refractivity contribution < 1.29 is 51.8 Å². The van der Waals surface area contributed by atoms with Crippen LogP contribution < -0.4 is 0 Å². The third kappa shape index (κ3) is 5.14. The molecule has 11 atom stereocenters. The minimum atomic E-state index is -2.62. The van der Waals surface area contributed by atoms with Crippen LogP contribution in [0.4, 0.5) is 0 Å². The third-order valence-electron chi connectivity index (χ3n) is 11.8. The van der Waals surface area contributed by atoms with E-state index in [2.05, 4.69) is 0 Å². The Kier molecular flexibility index (Phi) is 9.06. The molecule has 2 saturated heterocycles. The number of ketones is 1. The van der Waals surface area contributed by atoms with Crippen molar-refractivity contribution in [2.24, 2.45) is 16.7 Å². The van der Waals surface area contributed by atoms with Gasteiger partial charge in [0.2, 0.25) is 0 Å². The lowest BCUT2D eigenvalue weighted by atomic mass is 9.44.